The second kappa shape index (κ2) is 5.45. The van der Waals surface area contributed by atoms with E-state index in [4.69, 9.17) is 0 Å². The van der Waals surface area contributed by atoms with Crippen LogP contribution in [0.5, 0.6) is 0 Å². The van der Waals surface area contributed by atoms with Crippen LogP contribution in [0.15, 0.2) is 11.6 Å². The van der Waals surface area contributed by atoms with Crippen LogP contribution in [-0.4, -0.2) is 34.3 Å². The van der Waals surface area contributed by atoms with Gasteiger partial charge in [0.1, 0.15) is 6.61 Å². The first-order valence-corrected chi connectivity index (χ1v) is 11.0. The SMILES string of the molecule is C[C@]12CC[C@H]3[C@@H](C[C@@H]4SC[C@@]35CCC(=O)C=C45)[C@@H]1CC[C@@H]2C(=O)CO. The van der Waals surface area contributed by atoms with E-state index in [0.717, 1.165) is 32.1 Å². The normalized spacial score (nSPS) is 50.7. The molecule has 4 heteroatoms. The first-order chi connectivity index (χ1) is 12.0. The molecule has 4 aliphatic carbocycles. The average molecular weight is 361 g/mol. The van der Waals surface area contributed by atoms with Gasteiger partial charge in [-0.25, -0.2) is 0 Å². The van der Waals surface area contributed by atoms with E-state index in [1.165, 1.54) is 24.2 Å². The second-order valence-corrected chi connectivity index (χ2v) is 10.6. The van der Waals surface area contributed by atoms with Crippen LogP contribution in [0.2, 0.25) is 0 Å². The molecule has 136 valence electrons. The lowest BCUT2D eigenvalue weighted by molar-refractivity contribution is -0.132. The molecule has 0 amide bonds. The summed E-state index contributed by atoms with van der Waals surface area (Å²) < 4.78 is 0. The zero-order valence-corrected chi connectivity index (χ0v) is 15.8. The summed E-state index contributed by atoms with van der Waals surface area (Å²) >= 11 is 2.09. The van der Waals surface area contributed by atoms with Gasteiger partial charge in [-0.15, -0.1) is 0 Å². The molecule has 0 radical (unpaired) electrons. The van der Waals surface area contributed by atoms with E-state index in [-0.39, 0.29) is 29.1 Å². The second-order valence-electron chi connectivity index (χ2n) is 9.43. The quantitative estimate of drug-likeness (QED) is 0.820. The van der Waals surface area contributed by atoms with Crippen molar-refractivity contribution in [2.75, 3.05) is 12.4 Å². The first-order valence-electron chi connectivity index (χ1n) is 10.00. The molecule has 5 rings (SSSR count). The minimum Gasteiger partial charge on any atom is -0.389 e. The number of rotatable bonds is 2. The number of thioether (sulfide) groups is 1. The molecule has 1 aliphatic heterocycles. The molecule has 1 N–H and O–H groups in total. The molecule has 0 aromatic rings. The lowest BCUT2D eigenvalue weighted by Crippen LogP contribution is -2.53. The van der Waals surface area contributed by atoms with Gasteiger partial charge in [0.2, 0.25) is 0 Å². The number of hydrogen-bond donors (Lipinski definition) is 1. The third kappa shape index (κ3) is 2.04. The largest absolute Gasteiger partial charge is 0.389 e. The van der Waals surface area contributed by atoms with Crippen molar-refractivity contribution in [1.82, 2.24) is 0 Å². The summed E-state index contributed by atoms with van der Waals surface area (Å²) in [5, 5.41) is 9.95. The molecule has 25 heavy (non-hydrogen) atoms. The van der Waals surface area contributed by atoms with Crippen molar-refractivity contribution in [3.05, 3.63) is 11.6 Å². The number of aliphatic hydroxyl groups excluding tert-OH is 1. The Bertz CT molecular complexity index is 670. The smallest absolute Gasteiger partial charge is 0.161 e. The van der Waals surface area contributed by atoms with Gasteiger partial charge in [-0.3, -0.25) is 9.59 Å². The van der Waals surface area contributed by atoms with Crippen LogP contribution in [0.1, 0.15) is 51.9 Å². The highest BCUT2D eigenvalue weighted by atomic mass is 32.2. The van der Waals surface area contributed by atoms with Gasteiger partial charge in [0.05, 0.1) is 0 Å². The topological polar surface area (TPSA) is 54.4 Å². The van der Waals surface area contributed by atoms with Gasteiger partial charge in [0, 0.05) is 28.8 Å². The lowest BCUT2D eigenvalue weighted by atomic mass is 9.46. The van der Waals surface area contributed by atoms with E-state index in [1.807, 2.05) is 6.08 Å². The molecule has 1 saturated heterocycles. The van der Waals surface area contributed by atoms with E-state index in [1.54, 1.807) is 0 Å². The number of carbonyl (C=O) groups is 2. The Balaban J connectivity index is 1.51. The van der Waals surface area contributed by atoms with Crippen LogP contribution in [-0.2, 0) is 9.59 Å². The highest BCUT2D eigenvalue weighted by Crippen LogP contribution is 2.70. The van der Waals surface area contributed by atoms with Crippen molar-refractivity contribution in [2.24, 2.45) is 34.5 Å². The average Bonchev–Trinajstić information content (AvgIpc) is 3.08. The number of ketones is 2. The molecule has 5 aliphatic rings. The zero-order chi connectivity index (χ0) is 17.4. The molecule has 0 aromatic carbocycles. The summed E-state index contributed by atoms with van der Waals surface area (Å²) in [5.74, 6) is 3.73. The number of carbonyl (C=O) groups excluding carboxylic acids is 2. The summed E-state index contributed by atoms with van der Waals surface area (Å²) in [6.07, 6.45) is 9.45. The van der Waals surface area contributed by atoms with Crippen LogP contribution >= 0.6 is 11.8 Å². The number of fused-ring (bicyclic) bond motifs is 3. The summed E-state index contributed by atoms with van der Waals surface area (Å²) in [7, 11) is 0. The van der Waals surface area contributed by atoms with Gasteiger partial charge in [0.25, 0.3) is 0 Å². The maximum atomic E-state index is 12.3. The van der Waals surface area contributed by atoms with Crippen LogP contribution in [0.3, 0.4) is 0 Å². The van der Waals surface area contributed by atoms with Crippen molar-refractivity contribution >= 4 is 23.3 Å². The minimum atomic E-state index is -0.293. The van der Waals surface area contributed by atoms with E-state index < -0.39 is 0 Å². The molecule has 2 bridgehead atoms. The van der Waals surface area contributed by atoms with Crippen LogP contribution in [0.25, 0.3) is 0 Å². The number of Topliss-reactive ketones (excluding diaryl/α,β-unsaturated/α-hetero) is 1. The van der Waals surface area contributed by atoms with Crippen molar-refractivity contribution in [3.8, 4) is 0 Å². The summed E-state index contributed by atoms with van der Waals surface area (Å²) in [6, 6.07) is 0. The third-order valence-electron chi connectivity index (χ3n) is 8.78. The van der Waals surface area contributed by atoms with Gasteiger partial charge in [-0.1, -0.05) is 6.92 Å². The fourth-order valence-corrected chi connectivity index (χ4v) is 9.54. The number of aliphatic hydroxyl groups is 1. The molecule has 4 fully saturated rings. The molecular weight excluding hydrogens is 332 g/mol. The summed E-state index contributed by atoms with van der Waals surface area (Å²) in [5.41, 5.74) is 1.86. The predicted octanol–water partition coefficient (Wildman–Crippen LogP) is 3.40. The van der Waals surface area contributed by atoms with Gasteiger partial charge in [-0.05, 0) is 73.3 Å². The third-order valence-corrected chi connectivity index (χ3v) is 10.3. The fraction of sp³-hybridized carbons (Fsp3) is 0.810. The van der Waals surface area contributed by atoms with Crippen molar-refractivity contribution in [2.45, 2.75) is 57.1 Å². The summed E-state index contributed by atoms with van der Waals surface area (Å²) in [6.45, 7) is 2.04. The van der Waals surface area contributed by atoms with Crippen LogP contribution in [0, 0.1) is 34.5 Å². The predicted molar refractivity (Wildman–Crippen MR) is 98.2 cm³/mol. The Morgan fingerprint density at radius 3 is 2.92 bits per heavy atom. The van der Waals surface area contributed by atoms with E-state index in [9.17, 15) is 14.7 Å². The van der Waals surface area contributed by atoms with Gasteiger partial charge < -0.3 is 5.11 Å². The molecule has 1 heterocycles. The van der Waals surface area contributed by atoms with Gasteiger partial charge in [-0.2, -0.15) is 11.8 Å². The number of hydrogen-bond acceptors (Lipinski definition) is 4. The summed E-state index contributed by atoms with van der Waals surface area (Å²) in [4.78, 5) is 24.4. The molecule has 7 atom stereocenters. The highest BCUT2D eigenvalue weighted by Gasteiger charge is 2.64. The Hall–Kier alpha value is -0.610. The lowest BCUT2D eigenvalue weighted by Gasteiger charge is -2.57. The van der Waals surface area contributed by atoms with E-state index in [2.05, 4.69) is 18.7 Å². The molecule has 0 aromatic heterocycles. The maximum absolute atomic E-state index is 12.3. The van der Waals surface area contributed by atoms with Crippen LogP contribution in [0.4, 0.5) is 0 Å². The molecule has 0 spiro atoms. The van der Waals surface area contributed by atoms with Crippen molar-refractivity contribution in [3.63, 3.8) is 0 Å². The molecule has 0 unspecified atom stereocenters. The standard InChI is InChI=1S/C21H28O3S/c1-20-6-5-15-13(14(20)2-3-16(20)18(24)10-22)9-19-17-8-12(23)4-7-21(15,17)11-25-19/h8,13-16,19,22H,2-7,9-11H2,1H3/t13-,14-,15-,16+,19-,20-,21-/m0/s1. The maximum Gasteiger partial charge on any atom is 0.161 e. The zero-order valence-electron chi connectivity index (χ0n) is 15.0. The van der Waals surface area contributed by atoms with Crippen molar-refractivity contribution in [1.29, 1.82) is 0 Å². The Kier molecular flexibility index (Phi) is 3.61. The Morgan fingerprint density at radius 1 is 1.28 bits per heavy atom. The Morgan fingerprint density at radius 2 is 2.12 bits per heavy atom. The van der Waals surface area contributed by atoms with Gasteiger partial charge in [0.15, 0.2) is 11.6 Å². The molecule has 3 nitrogen and oxygen atoms in total. The fourth-order valence-electron chi connectivity index (χ4n) is 7.68. The van der Waals surface area contributed by atoms with Crippen LogP contribution < -0.4 is 0 Å². The Labute approximate surface area is 154 Å². The highest BCUT2D eigenvalue weighted by molar-refractivity contribution is 8.00. The van der Waals surface area contributed by atoms with Crippen molar-refractivity contribution < 1.29 is 14.7 Å². The van der Waals surface area contributed by atoms with E-state index in [0.29, 0.717) is 28.8 Å². The van der Waals surface area contributed by atoms with Gasteiger partial charge >= 0.3 is 0 Å². The first kappa shape index (κ1) is 16.6. The molecule has 3 saturated carbocycles. The minimum absolute atomic E-state index is 0.0659. The monoisotopic (exact) mass is 360 g/mol. The molecular formula is C21H28O3S. The van der Waals surface area contributed by atoms with E-state index >= 15 is 0 Å².